The highest BCUT2D eigenvalue weighted by Crippen LogP contribution is 2.32. The normalized spacial score (nSPS) is 20.3. The molecule has 0 aliphatic carbocycles. The number of rotatable bonds is 2. The number of carbonyl (C=O) groups is 1. The Morgan fingerprint density at radius 2 is 1.88 bits per heavy atom. The quantitative estimate of drug-likeness (QED) is 0.854. The smallest absolute Gasteiger partial charge is 0.336 e. The first-order valence-corrected chi connectivity index (χ1v) is 9.01. The predicted octanol–water partition coefficient (Wildman–Crippen LogP) is 2.65. The summed E-state index contributed by atoms with van der Waals surface area (Å²) in [6.07, 6.45) is 3.57. The summed E-state index contributed by atoms with van der Waals surface area (Å²) in [5, 5.41) is 4.21. The fourth-order valence-corrected chi connectivity index (χ4v) is 4.34. The second-order valence-electron chi connectivity index (χ2n) is 7.65. The third-order valence-electron chi connectivity index (χ3n) is 5.70. The van der Waals surface area contributed by atoms with Gasteiger partial charge >= 0.3 is 5.63 Å². The molecule has 0 bridgehead atoms. The minimum atomic E-state index is -0.286. The van der Waals surface area contributed by atoms with Crippen molar-refractivity contribution in [2.45, 2.75) is 51.6 Å². The molecule has 132 valence electrons. The first kappa shape index (κ1) is 16.3. The Morgan fingerprint density at radius 1 is 1.12 bits per heavy atom. The van der Waals surface area contributed by atoms with Crippen LogP contribution in [-0.4, -0.2) is 29.4 Å². The van der Waals surface area contributed by atoms with Crippen molar-refractivity contribution < 1.29 is 9.21 Å². The Labute approximate surface area is 147 Å². The second-order valence-corrected chi connectivity index (χ2v) is 7.65. The molecule has 1 N–H and O–H groups in total. The van der Waals surface area contributed by atoms with Crippen LogP contribution in [0.15, 0.2) is 27.4 Å². The van der Waals surface area contributed by atoms with Gasteiger partial charge in [0.2, 0.25) is 5.91 Å². The first-order valence-electron chi connectivity index (χ1n) is 9.01. The summed E-state index contributed by atoms with van der Waals surface area (Å²) in [5.74, 6) is 0.186. The highest BCUT2D eigenvalue weighted by Gasteiger charge is 2.40. The first-order chi connectivity index (χ1) is 11.9. The van der Waals surface area contributed by atoms with Crippen LogP contribution in [0.1, 0.15) is 42.4 Å². The lowest BCUT2D eigenvalue weighted by molar-refractivity contribution is -0.120. The number of piperidine rings is 1. The van der Waals surface area contributed by atoms with Gasteiger partial charge in [-0.1, -0.05) is 6.07 Å². The minimum Gasteiger partial charge on any atom is -0.422 e. The second kappa shape index (κ2) is 5.99. The van der Waals surface area contributed by atoms with Crippen molar-refractivity contribution in [2.24, 2.45) is 0 Å². The summed E-state index contributed by atoms with van der Waals surface area (Å²) in [7, 11) is 0. The van der Waals surface area contributed by atoms with Crippen molar-refractivity contribution in [2.75, 3.05) is 13.1 Å². The van der Waals surface area contributed by atoms with Crippen molar-refractivity contribution in [3.8, 4) is 0 Å². The summed E-state index contributed by atoms with van der Waals surface area (Å²) >= 11 is 0. The van der Waals surface area contributed by atoms with Crippen LogP contribution in [0.3, 0.4) is 0 Å². The van der Waals surface area contributed by atoms with Crippen molar-refractivity contribution in [3.05, 3.63) is 45.3 Å². The molecular weight excluding hydrogens is 316 g/mol. The van der Waals surface area contributed by atoms with Crippen LogP contribution in [0, 0.1) is 13.8 Å². The molecule has 5 heteroatoms. The fourth-order valence-electron chi connectivity index (χ4n) is 4.34. The molecule has 0 radical (unpaired) electrons. The molecular formula is C20H24N2O3. The molecule has 1 aromatic heterocycles. The SMILES string of the molecule is Cc1cc(C)c2oc(=O)cc(CN3CCC4(CCC(=O)N4)CC3)c2c1. The van der Waals surface area contributed by atoms with E-state index in [1.54, 1.807) is 6.07 Å². The number of benzene rings is 1. The van der Waals surface area contributed by atoms with E-state index in [-0.39, 0.29) is 17.1 Å². The monoisotopic (exact) mass is 340 g/mol. The van der Waals surface area contributed by atoms with E-state index >= 15 is 0 Å². The van der Waals surface area contributed by atoms with E-state index < -0.39 is 0 Å². The van der Waals surface area contributed by atoms with Crippen molar-refractivity contribution >= 4 is 16.9 Å². The van der Waals surface area contributed by atoms with Gasteiger partial charge in [-0.25, -0.2) is 4.79 Å². The average Bonchev–Trinajstić information content (AvgIpc) is 2.92. The van der Waals surface area contributed by atoms with E-state index in [1.165, 1.54) is 5.56 Å². The average molecular weight is 340 g/mol. The predicted molar refractivity (Wildman–Crippen MR) is 96.6 cm³/mol. The number of fused-ring (bicyclic) bond motifs is 1. The molecule has 1 amide bonds. The highest BCUT2D eigenvalue weighted by molar-refractivity contribution is 5.83. The summed E-state index contributed by atoms with van der Waals surface area (Å²) in [4.78, 5) is 25.9. The van der Waals surface area contributed by atoms with E-state index in [0.717, 1.165) is 55.4 Å². The van der Waals surface area contributed by atoms with Gasteiger partial charge in [0.15, 0.2) is 0 Å². The van der Waals surface area contributed by atoms with Gasteiger partial charge in [0.05, 0.1) is 0 Å². The molecule has 2 fully saturated rings. The zero-order valence-corrected chi connectivity index (χ0v) is 14.9. The maximum absolute atomic E-state index is 12.0. The van der Waals surface area contributed by atoms with Crippen LogP contribution in [0.25, 0.3) is 11.0 Å². The standard InChI is InChI=1S/C20H24N2O3/c1-13-9-14(2)19-16(10-13)15(11-18(24)25-19)12-22-7-5-20(6-8-22)4-3-17(23)21-20/h9-11H,3-8,12H2,1-2H3,(H,21,23). The molecule has 0 atom stereocenters. The largest absolute Gasteiger partial charge is 0.422 e. The van der Waals surface area contributed by atoms with E-state index in [2.05, 4.69) is 23.2 Å². The van der Waals surface area contributed by atoms with Gasteiger partial charge < -0.3 is 9.73 Å². The number of aryl methyl sites for hydroxylation is 2. The van der Waals surface area contributed by atoms with E-state index in [9.17, 15) is 9.59 Å². The zero-order chi connectivity index (χ0) is 17.6. The lowest BCUT2D eigenvalue weighted by Crippen LogP contribution is -2.50. The fraction of sp³-hybridized carbons (Fsp3) is 0.500. The van der Waals surface area contributed by atoms with Crippen molar-refractivity contribution in [1.82, 2.24) is 10.2 Å². The molecule has 2 aliphatic heterocycles. The molecule has 25 heavy (non-hydrogen) atoms. The van der Waals surface area contributed by atoms with Gasteiger partial charge in [-0.3, -0.25) is 9.69 Å². The number of nitrogens with zero attached hydrogens (tertiary/aromatic N) is 1. The van der Waals surface area contributed by atoms with Crippen molar-refractivity contribution in [3.63, 3.8) is 0 Å². The van der Waals surface area contributed by atoms with Gasteiger partial charge in [-0.05, 0) is 55.9 Å². The number of hydrogen-bond acceptors (Lipinski definition) is 4. The van der Waals surface area contributed by atoms with Gasteiger partial charge in [-0.2, -0.15) is 0 Å². The molecule has 1 spiro atoms. The van der Waals surface area contributed by atoms with Gasteiger partial charge in [0, 0.05) is 43.0 Å². The molecule has 0 unspecified atom stereocenters. The highest BCUT2D eigenvalue weighted by atomic mass is 16.4. The van der Waals surface area contributed by atoms with Gasteiger partial charge in [-0.15, -0.1) is 0 Å². The lowest BCUT2D eigenvalue weighted by atomic mass is 9.86. The molecule has 5 nitrogen and oxygen atoms in total. The van der Waals surface area contributed by atoms with Crippen LogP contribution < -0.4 is 10.9 Å². The molecule has 3 heterocycles. The Hall–Kier alpha value is -2.14. The van der Waals surface area contributed by atoms with Crippen LogP contribution in [-0.2, 0) is 11.3 Å². The third kappa shape index (κ3) is 3.09. The number of nitrogens with one attached hydrogen (secondary N) is 1. The van der Waals surface area contributed by atoms with Gasteiger partial charge in [0.25, 0.3) is 0 Å². The Bertz CT molecular complexity index is 892. The topological polar surface area (TPSA) is 62.6 Å². The molecule has 2 aromatic rings. The summed E-state index contributed by atoms with van der Waals surface area (Å²) in [5.41, 5.74) is 3.63. The molecule has 0 saturated carbocycles. The maximum atomic E-state index is 12.0. The molecule has 2 saturated heterocycles. The number of hydrogen-bond donors (Lipinski definition) is 1. The van der Waals surface area contributed by atoms with Crippen LogP contribution in [0.2, 0.25) is 0 Å². The van der Waals surface area contributed by atoms with Crippen LogP contribution in [0.4, 0.5) is 0 Å². The van der Waals surface area contributed by atoms with E-state index in [4.69, 9.17) is 4.42 Å². The lowest BCUT2D eigenvalue weighted by Gasteiger charge is -2.39. The van der Waals surface area contributed by atoms with Gasteiger partial charge in [0.1, 0.15) is 5.58 Å². The number of carbonyl (C=O) groups excluding carboxylic acids is 1. The summed E-state index contributed by atoms with van der Waals surface area (Å²) < 4.78 is 5.44. The Kier molecular flexibility index (Phi) is 3.91. The van der Waals surface area contributed by atoms with E-state index in [0.29, 0.717) is 12.0 Å². The minimum absolute atomic E-state index is 0.0124. The summed E-state index contributed by atoms with van der Waals surface area (Å²) in [6, 6.07) is 5.77. The van der Waals surface area contributed by atoms with Crippen LogP contribution >= 0.6 is 0 Å². The number of amides is 1. The van der Waals surface area contributed by atoms with Crippen molar-refractivity contribution in [1.29, 1.82) is 0 Å². The maximum Gasteiger partial charge on any atom is 0.336 e. The number of likely N-dealkylation sites (tertiary alicyclic amines) is 1. The Morgan fingerprint density at radius 3 is 2.56 bits per heavy atom. The molecule has 1 aromatic carbocycles. The summed E-state index contributed by atoms with van der Waals surface area (Å²) in [6.45, 7) is 6.67. The Balaban J connectivity index is 1.57. The van der Waals surface area contributed by atoms with E-state index in [1.807, 2.05) is 13.0 Å². The molecule has 2 aliphatic rings. The van der Waals surface area contributed by atoms with Crippen LogP contribution in [0.5, 0.6) is 0 Å². The zero-order valence-electron chi connectivity index (χ0n) is 14.9. The third-order valence-corrected chi connectivity index (χ3v) is 5.70. The molecule has 4 rings (SSSR count).